The van der Waals surface area contributed by atoms with Crippen LogP contribution in [0.3, 0.4) is 0 Å². The first-order valence-corrected chi connectivity index (χ1v) is 22.1. The average molecular weight is 823 g/mol. The van der Waals surface area contributed by atoms with Crippen LogP contribution in [-0.4, -0.2) is 40.5 Å². The Bertz CT molecular complexity index is 2840. The number of ether oxygens (including phenoxy) is 2. The van der Waals surface area contributed by atoms with E-state index in [1.54, 1.807) is 0 Å². The molecule has 0 spiro atoms. The van der Waals surface area contributed by atoms with Crippen LogP contribution in [-0.2, 0) is 0 Å². The van der Waals surface area contributed by atoms with Gasteiger partial charge in [0.15, 0.2) is 0 Å². The summed E-state index contributed by atoms with van der Waals surface area (Å²) < 4.78 is 13.5. The molecule has 7 heteroatoms. The highest BCUT2D eigenvalue weighted by Gasteiger charge is 2.51. The van der Waals surface area contributed by atoms with Crippen molar-refractivity contribution in [2.45, 2.75) is 77.5 Å². The van der Waals surface area contributed by atoms with E-state index in [1.807, 2.05) is 6.07 Å². The van der Waals surface area contributed by atoms with E-state index in [0.29, 0.717) is 0 Å². The van der Waals surface area contributed by atoms with Crippen molar-refractivity contribution < 1.29 is 9.47 Å². The molecule has 0 N–H and O–H groups in total. The third kappa shape index (κ3) is 6.00. The maximum absolute atomic E-state index is 6.76. The summed E-state index contributed by atoms with van der Waals surface area (Å²) in [4.78, 5) is 15.5. The fourth-order valence-electron chi connectivity index (χ4n) is 9.87. The molecule has 0 unspecified atom stereocenters. The van der Waals surface area contributed by atoms with Crippen molar-refractivity contribution in [3.05, 3.63) is 175 Å². The van der Waals surface area contributed by atoms with Crippen molar-refractivity contribution >= 4 is 46.1 Å². The van der Waals surface area contributed by atoms with Crippen LogP contribution in [0.2, 0.25) is 0 Å². The largest absolute Gasteiger partial charge is 0.458 e. The summed E-state index contributed by atoms with van der Waals surface area (Å²) in [6.07, 6.45) is 0. The third-order valence-electron chi connectivity index (χ3n) is 14.6. The van der Waals surface area contributed by atoms with Gasteiger partial charge >= 0.3 is 0 Å². The van der Waals surface area contributed by atoms with E-state index < -0.39 is 0 Å². The number of anilines is 2. The molecule has 0 amide bonds. The van der Waals surface area contributed by atoms with Crippen molar-refractivity contribution in [2.75, 3.05) is 9.80 Å². The molecular formula is C56H51BN4O2. The number of nitrogens with zero attached hydrogens (tertiary/aromatic N) is 4. The fourth-order valence-corrected chi connectivity index (χ4v) is 9.87. The highest BCUT2D eigenvalue weighted by molar-refractivity contribution is 6.98. The zero-order valence-corrected chi connectivity index (χ0v) is 37.3. The summed E-state index contributed by atoms with van der Waals surface area (Å²) >= 11 is 0. The van der Waals surface area contributed by atoms with E-state index >= 15 is 0 Å². The second-order valence-corrected chi connectivity index (χ2v) is 19.4. The highest BCUT2D eigenvalue weighted by Crippen LogP contribution is 2.45. The van der Waals surface area contributed by atoms with Gasteiger partial charge in [0.2, 0.25) is 0 Å². The van der Waals surface area contributed by atoms with E-state index in [2.05, 4.69) is 223 Å². The first-order chi connectivity index (χ1) is 30.2. The van der Waals surface area contributed by atoms with Gasteiger partial charge < -0.3 is 19.3 Å². The molecular weight excluding hydrogens is 771 g/mol. The number of benzene rings is 7. The fraction of sp³-hybridized carbons (Fsp3) is 0.214. The van der Waals surface area contributed by atoms with Gasteiger partial charge in [-0.25, -0.2) is 0 Å². The molecule has 0 fully saturated rings. The van der Waals surface area contributed by atoms with Crippen LogP contribution in [0.4, 0.5) is 11.4 Å². The summed E-state index contributed by atoms with van der Waals surface area (Å²) in [6.45, 7) is 18.0. The van der Waals surface area contributed by atoms with Crippen LogP contribution in [0.5, 0.6) is 23.0 Å². The number of fused-ring (bicyclic) bond motifs is 4. The third-order valence-corrected chi connectivity index (χ3v) is 14.6. The predicted molar refractivity (Wildman–Crippen MR) is 262 cm³/mol. The quantitative estimate of drug-likeness (QED) is 0.157. The minimum atomic E-state index is -0.297. The number of rotatable bonds is 6. The number of para-hydroxylation sites is 2. The van der Waals surface area contributed by atoms with Gasteiger partial charge in [0.1, 0.15) is 34.7 Å². The minimum Gasteiger partial charge on any atom is -0.458 e. The molecule has 4 heterocycles. The molecule has 4 aliphatic rings. The molecule has 0 aromatic heterocycles. The maximum Gasteiger partial charge on any atom is 0.260 e. The first kappa shape index (κ1) is 39.0. The van der Waals surface area contributed by atoms with Crippen LogP contribution in [0.1, 0.15) is 66.5 Å². The normalized spacial score (nSPS) is 18.1. The van der Waals surface area contributed by atoms with Crippen LogP contribution < -0.4 is 35.7 Å². The Balaban J connectivity index is 0.943. The Morgan fingerprint density at radius 1 is 0.381 bits per heavy atom. The van der Waals surface area contributed by atoms with Crippen LogP contribution >= 0.6 is 0 Å². The van der Waals surface area contributed by atoms with Crippen molar-refractivity contribution in [2.24, 2.45) is 9.98 Å². The van der Waals surface area contributed by atoms with Crippen LogP contribution in [0.15, 0.2) is 174 Å². The summed E-state index contributed by atoms with van der Waals surface area (Å²) in [5.41, 5.74) is 11.1. The molecule has 6 nitrogen and oxygen atoms in total. The van der Waals surface area contributed by atoms with Gasteiger partial charge in [0.25, 0.3) is 6.71 Å². The summed E-state index contributed by atoms with van der Waals surface area (Å²) in [5, 5.41) is 0. The number of hydrogen-bond donors (Lipinski definition) is 0. The zero-order valence-electron chi connectivity index (χ0n) is 37.3. The number of hydrogen-bond acceptors (Lipinski definition) is 6. The molecule has 7 aromatic rings. The van der Waals surface area contributed by atoms with E-state index in [9.17, 15) is 0 Å². The van der Waals surface area contributed by atoms with E-state index in [1.165, 1.54) is 0 Å². The van der Waals surface area contributed by atoms with Crippen molar-refractivity contribution in [1.29, 1.82) is 0 Å². The lowest BCUT2D eigenvalue weighted by Gasteiger charge is -2.41. The number of aliphatic imine (C=N–C) groups is 2. The lowest BCUT2D eigenvalue weighted by atomic mass is 9.35. The van der Waals surface area contributed by atoms with Crippen molar-refractivity contribution in [1.82, 2.24) is 0 Å². The molecule has 0 bridgehead atoms. The lowest BCUT2D eigenvalue weighted by Crippen LogP contribution is -2.57. The molecule has 0 saturated carbocycles. The molecule has 310 valence electrons. The molecule has 11 rings (SSSR count). The van der Waals surface area contributed by atoms with Crippen LogP contribution in [0, 0.1) is 0 Å². The molecule has 7 aromatic carbocycles. The zero-order chi connectivity index (χ0) is 43.5. The molecule has 4 aliphatic heterocycles. The van der Waals surface area contributed by atoms with Gasteiger partial charge in [-0.05, 0) is 149 Å². The van der Waals surface area contributed by atoms with E-state index in [0.717, 1.165) is 95.8 Å². The SMILES string of the molecule is CC1(C)N=C(c2cccc(-c3ccc4c(c3)Oc3cccc5c3B4c3ccc(-c4cccc(C6=NC(C)(C)C(C)(C)N6c6ccccc6)c4)cc3O5)c2)N(c2ccccc2)C1(C)C. The van der Waals surface area contributed by atoms with Crippen molar-refractivity contribution in [3.8, 4) is 45.3 Å². The van der Waals surface area contributed by atoms with Crippen LogP contribution in [0.25, 0.3) is 22.3 Å². The standard InChI is InChI=1S/C56H51BN4O2/c1-53(2)55(5,6)60(42-22-11-9-12-23-42)51(58-53)40-20-15-18-36(32-40)38-28-30-44-48(34-38)62-46-26-17-27-47-50(46)57(44)45-31-29-39(35-49(45)63-47)37-19-16-21-41(33-37)52-59-54(3,4)56(7,8)61(52)43-24-13-10-14-25-43/h9-35H,1-8H3. The van der Waals surface area contributed by atoms with Gasteiger partial charge in [-0.2, -0.15) is 0 Å². The second kappa shape index (κ2) is 13.8. The van der Waals surface area contributed by atoms with E-state index in [-0.39, 0.29) is 28.9 Å². The van der Waals surface area contributed by atoms with Gasteiger partial charge in [0.05, 0.1) is 22.2 Å². The maximum atomic E-state index is 6.76. The number of amidine groups is 2. The Morgan fingerprint density at radius 2 is 0.762 bits per heavy atom. The van der Waals surface area contributed by atoms with E-state index in [4.69, 9.17) is 19.5 Å². The van der Waals surface area contributed by atoms with Gasteiger partial charge in [-0.1, -0.05) is 103 Å². The predicted octanol–water partition coefficient (Wildman–Crippen LogP) is 11.4. The molecule has 0 atom stereocenters. The Kier molecular flexibility index (Phi) is 8.56. The topological polar surface area (TPSA) is 49.7 Å². The molecule has 0 aliphatic carbocycles. The molecule has 0 saturated heterocycles. The van der Waals surface area contributed by atoms with Gasteiger partial charge in [-0.15, -0.1) is 0 Å². The summed E-state index contributed by atoms with van der Waals surface area (Å²) in [5.74, 6) is 5.32. The summed E-state index contributed by atoms with van der Waals surface area (Å²) in [6, 6.07) is 58.2. The van der Waals surface area contributed by atoms with Gasteiger partial charge in [0, 0.05) is 28.0 Å². The lowest BCUT2D eigenvalue weighted by molar-refractivity contribution is 0.338. The highest BCUT2D eigenvalue weighted by atomic mass is 16.5. The summed E-state index contributed by atoms with van der Waals surface area (Å²) in [7, 11) is 0. The second-order valence-electron chi connectivity index (χ2n) is 19.4. The minimum absolute atomic E-state index is 0.0436. The van der Waals surface area contributed by atoms with Crippen molar-refractivity contribution in [3.63, 3.8) is 0 Å². The monoisotopic (exact) mass is 822 g/mol. The van der Waals surface area contributed by atoms with Gasteiger partial charge in [-0.3, -0.25) is 9.98 Å². The smallest absolute Gasteiger partial charge is 0.260 e. The Hall–Kier alpha value is -6.86. The Morgan fingerprint density at radius 3 is 1.19 bits per heavy atom. The first-order valence-electron chi connectivity index (χ1n) is 22.1. The molecule has 63 heavy (non-hydrogen) atoms. The average Bonchev–Trinajstić information content (AvgIpc) is 3.61. The Labute approximate surface area is 371 Å². The molecule has 0 radical (unpaired) electrons.